The molecule has 2 aliphatic carbocycles. The zero-order chi connectivity index (χ0) is 15.5. The first-order valence-corrected chi connectivity index (χ1v) is 10.4. The van der Waals surface area contributed by atoms with Crippen LogP contribution < -0.4 is 5.32 Å². The van der Waals surface area contributed by atoms with Crippen LogP contribution in [-0.4, -0.2) is 31.5 Å². The second-order valence-electron chi connectivity index (χ2n) is 7.86. The van der Waals surface area contributed by atoms with Gasteiger partial charge in [0.15, 0.2) is 9.84 Å². The van der Waals surface area contributed by atoms with Gasteiger partial charge in [0.2, 0.25) is 0 Å². The van der Waals surface area contributed by atoms with Gasteiger partial charge in [0.25, 0.3) is 0 Å². The molecule has 4 heteroatoms. The molecule has 0 radical (unpaired) electrons. The summed E-state index contributed by atoms with van der Waals surface area (Å²) in [6.07, 6.45) is 9.19. The van der Waals surface area contributed by atoms with Gasteiger partial charge in [0.1, 0.15) is 0 Å². The summed E-state index contributed by atoms with van der Waals surface area (Å²) in [5.41, 5.74) is 0.163. The highest BCUT2D eigenvalue weighted by Gasteiger charge is 2.44. The van der Waals surface area contributed by atoms with Crippen molar-refractivity contribution in [3.8, 4) is 0 Å². The molecule has 2 rings (SSSR count). The minimum atomic E-state index is -3.00. The van der Waals surface area contributed by atoms with E-state index in [0.717, 1.165) is 57.9 Å². The zero-order valence-electron chi connectivity index (χ0n) is 14.0. The summed E-state index contributed by atoms with van der Waals surface area (Å²) in [5.74, 6) is 0. The summed E-state index contributed by atoms with van der Waals surface area (Å²) in [6, 6.07) is 0.171. The lowest BCUT2D eigenvalue weighted by Crippen LogP contribution is -2.52. The van der Waals surface area contributed by atoms with E-state index in [1.54, 1.807) is 0 Å². The lowest BCUT2D eigenvalue weighted by molar-refractivity contribution is 0.208. The molecule has 3 nitrogen and oxygen atoms in total. The van der Waals surface area contributed by atoms with Crippen molar-refractivity contribution in [1.82, 2.24) is 5.32 Å². The minimum Gasteiger partial charge on any atom is -0.313 e. The van der Waals surface area contributed by atoms with Crippen molar-refractivity contribution in [2.24, 2.45) is 5.41 Å². The third kappa shape index (κ3) is 4.22. The first kappa shape index (κ1) is 17.3. The highest BCUT2D eigenvalue weighted by molar-refractivity contribution is 7.92. The van der Waals surface area contributed by atoms with Gasteiger partial charge < -0.3 is 5.32 Å². The largest absolute Gasteiger partial charge is 0.313 e. The molecular weight excluding hydrogens is 282 g/mol. The van der Waals surface area contributed by atoms with E-state index >= 15 is 0 Å². The van der Waals surface area contributed by atoms with Crippen LogP contribution in [0.1, 0.15) is 78.6 Å². The number of hydrogen-bond acceptors (Lipinski definition) is 3. The van der Waals surface area contributed by atoms with E-state index < -0.39 is 9.84 Å². The van der Waals surface area contributed by atoms with Crippen LogP contribution in [0.4, 0.5) is 0 Å². The molecule has 0 aromatic heterocycles. The maximum Gasteiger partial charge on any atom is 0.157 e. The Bertz CT molecular complexity index is 424. The van der Waals surface area contributed by atoms with E-state index in [0.29, 0.717) is 0 Å². The fourth-order valence-electron chi connectivity index (χ4n) is 4.07. The smallest absolute Gasteiger partial charge is 0.157 e. The first-order valence-electron chi connectivity index (χ1n) is 8.83. The normalized spacial score (nSPS) is 31.2. The lowest BCUT2D eigenvalue weighted by Gasteiger charge is -2.42. The highest BCUT2D eigenvalue weighted by atomic mass is 32.2. The average molecular weight is 316 g/mol. The van der Waals surface area contributed by atoms with Crippen molar-refractivity contribution in [2.45, 2.75) is 95.1 Å². The van der Waals surface area contributed by atoms with Crippen molar-refractivity contribution < 1.29 is 8.42 Å². The summed E-state index contributed by atoms with van der Waals surface area (Å²) >= 11 is 0. The van der Waals surface area contributed by atoms with Crippen LogP contribution in [0.25, 0.3) is 0 Å². The van der Waals surface area contributed by atoms with Gasteiger partial charge in [0, 0.05) is 6.04 Å². The second-order valence-corrected chi connectivity index (χ2v) is 10.3. The molecule has 0 aromatic rings. The van der Waals surface area contributed by atoms with Crippen molar-refractivity contribution >= 4 is 9.84 Å². The molecule has 0 amide bonds. The molecule has 0 spiro atoms. The Morgan fingerprint density at radius 1 is 1.10 bits per heavy atom. The Balaban J connectivity index is 2.16. The standard InChI is InChI=1S/C17H33NO2S/c1-4-12-18-15-10-11-17(2,3)13-16(15)21(19,20)14-8-6-5-7-9-14/h14-16,18H,4-13H2,1-3H3. The van der Waals surface area contributed by atoms with Gasteiger partial charge in [-0.3, -0.25) is 0 Å². The number of nitrogens with one attached hydrogen (secondary N) is 1. The molecule has 0 aliphatic heterocycles. The minimum absolute atomic E-state index is 0.0731. The van der Waals surface area contributed by atoms with Gasteiger partial charge in [-0.1, -0.05) is 40.0 Å². The lowest BCUT2D eigenvalue weighted by atomic mass is 9.75. The van der Waals surface area contributed by atoms with Gasteiger partial charge in [-0.25, -0.2) is 8.42 Å². The molecule has 21 heavy (non-hydrogen) atoms. The van der Waals surface area contributed by atoms with Crippen LogP contribution in [0, 0.1) is 5.41 Å². The van der Waals surface area contributed by atoms with Gasteiger partial charge in [-0.05, 0) is 50.5 Å². The molecule has 124 valence electrons. The molecule has 0 aromatic carbocycles. The zero-order valence-corrected chi connectivity index (χ0v) is 14.8. The SMILES string of the molecule is CCCNC1CCC(C)(C)CC1S(=O)(=O)C1CCCCC1. The maximum absolute atomic E-state index is 13.2. The van der Waals surface area contributed by atoms with Crippen LogP contribution in [-0.2, 0) is 9.84 Å². The molecular formula is C17H33NO2S. The first-order chi connectivity index (χ1) is 9.87. The monoisotopic (exact) mass is 315 g/mol. The average Bonchev–Trinajstić information content (AvgIpc) is 2.46. The molecule has 2 unspecified atom stereocenters. The fourth-order valence-corrected chi connectivity index (χ4v) is 6.93. The Kier molecular flexibility index (Phi) is 5.75. The summed E-state index contributed by atoms with van der Waals surface area (Å²) < 4.78 is 26.3. The van der Waals surface area contributed by atoms with E-state index in [1.165, 1.54) is 6.42 Å². The van der Waals surface area contributed by atoms with Crippen molar-refractivity contribution in [1.29, 1.82) is 0 Å². The Morgan fingerprint density at radius 2 is 1.76 bits per heavy atom. The van der Waals surface area contributed by atoms with Gasteiger partial charge >= 0.3 is 0 Å². The third-order valence-corrected chi connectivity index (χ3v) is 8.17. The topological polar surface area (TPSA) is 46.2 Å². The molecule has 2 aliphatic rings. The van der Waals surface area contributed by atoms with E-state index in [2.05, 4.69) is 26.1 Å². The quantitative estimate of drug-likeness (QED) is 0.842. The fraction of sp³-hybridized carbons (Fsp3) is 1.00. The Labute approximate surface area is 131 Å². The van der Waals surface area contributed by atoms with Crippen LogP contribution in [0.3, 0.4) is 0 Å². The molecule has 0 bridgehead atoms. The molecule has 2 fully saturated rings. The Morgan fingerprint density at radius 3 is 2.38 bits per heavy atom. The van der Waals surface area contributed by atoms with Gasteiger partial charge in [-0.15, -0.1) is 0 Å². The van der Waals surface area contributed by atoms with Crippen LogP contribution in [0.5, 0.6) is 0 Å². The number of rotatable bonds is 5. The van der Waals surface area contributed by atoms with Crippen LogP contribution in [0.2, 0.25) is 0 Å². The van der Waals surface area contributed by atoms with E-state index in [4.69, 9.17) is 0 Å². The number of hydrogen-bond donors (Lipinski definition) is 1. The van der Waals surface area contributed by atoms with Crippen molar-refractivity contribution in [3.63, 3.8) is 0 Å². The Hall–Kier alpha value is -0.0900. The van der Waals surface area contributed by atoms with E-state index in [-0.39, 0.29) is 22.0 Å². The molecule has 0 saturated heterocycles. The van der Waals surface area contributed by atoms with Crippen molar-refractivity contribution in [3.05, 3.63) is 0 Å². The van der Waals surface area contributed by atoms with Crippen LogP contribution >= 0.6 is 0 Å². The van der Waals surface area contributed by atoms with E-state index in [9.17, 15) is 8.42 Å². The molecule has 2 saturated carbocycles. The molecule has 0 heterocycles. The van der Waals surface area contributed by atoms with Gasteiger partial charge in [0.05, 0.1) is 10.5 Å². The molecule has 1 N–H and O–H groups in total. The summed E-state index contributed by atoms with van der Waals surface area (Å²) in [4.78, 5) is 0. The summed E-state index contributed by atoms with van der Waals surface area (Å²) in [5, 5.41) is 3.28. The predicted octanol–water partition coefficient (Wildman–Crippen LogP) is 3.68. The number of sulfone groups is 1. The van der Waals surface area contributed by atoms with Crippen LogP contribution in [0.15, 0.2) is 0 Å². The highest BCUT2D eigenvalue weighted by Crippen LogP contribution is 2.40. The second kappa shape index (κ2) is 6.99. The van der Waals surface area contributed by atoms with Crippen molar-refractivity contribution in [2.75, 3.05) is 6.54 Å². The molecule has 2 atom stereocenters. The summed E-state index contributed by atoms with van der Waals surface area (Å²) in [6.45, 7) is 7.53. The third-order valence-electron chi connectivity index (χ3n) is 5.43. The van der Waals surface area contributed by atoms with Gasteiger partial charge in [-0.2, -0.15) is 0 Å². The van der Waals surface area contributed by atoms with E-state index in [1.807, 2.05) is 0 Å². The predicted molar refractivity (Wildman–Crippen MR) is 89.3 cm³/mol. The summed E-state index contributed by atoms with van der Waals surface area (Å²) in [7, 11) is -3.00. The maximum atomic E-state index is 13.2.